The van der Waals surface area contributed by atoms with Crippen LogP contribution in [0.25, 0.3) is 0 Å². The number of rotatable bonds is 10. The van der Waals surface area contributed by atoms with Crippen LogP contribution < -0.4 is 10.1 Å². The Morgan fingerprint density at radius 1 is 1.34 bits per heavy atom. The van der Waals surface area contributed by atoms with Crippen molar-refractivity contribution in [2.75, 3.05) is 27.7 Å². The first-order valence-electron chi connectivity index (χ1n) is 9.84. The van der Waals surface area contributed by atoms with Gasteiger partial charge in [0.25, 0.3) is 0 Å². The summed E-state index contributed by atoms with van der Waals surface area (Å²) >= 11 is 0. The number of ether oxygens (including phenoxy) is 1. The molecule has 1 amide bonds. The van der Waals surface area contributed by atoms with Gasteiger partial charge in [-0.15, -0.1) is 0 Å². The first-order valence-corrected chi connectivity index (χ1v) is 9.84. The summed E-state index contributed by atoms with van der Waals surface area (Å²) in [6.45, 7) is 5.03. The average molecular weight is 398 g/mol. The monoisotopic (exact) mass is 397 g/mol. The molecule has 0 aliphatic rings. The van der Waals surface area contributed by atoms with Crippen molar-refractivity contribution in [3.8, 4) is 11.8 Å². The fourth-order valence-electron chi connectivity index (χ4n) is 3.52. The number of likely N-dealkylation sites (N-methyl/N-ethyl adjacent to an activating group) is 1. The number of carbonyl (C=O) groups excluding carboxylic acids is 1. The zero-order valence-corrected chi connectivity index (χ0v) is 18.0. The van der Waals surface area contributed by atoms with Gasteiger partial charge in [0.05, 0.1) is 37.9 Å². The van der Waals surface area contributed by atoms with Gasteiger partial charge >= 0.3 is 0 Å². The lowest BCUT2D eigenvalue weighted by Crippen LogP contribution is -2.34. The Morgan fingerprint density at radius 3 is 2.72 bits per heavy atom. The van der Waals surface area contributed by atoms with Crippen molar-refractivity contribution in [1.29, 1.82) is 5.26 Å². The Hall–Kier alpha value is -2.85. The molecule has 0 saturated carbocycles. The number of nitrogens with one attached hydrogen (secondary N) is 1. The average Bonchev–Trinajstić information content (AvgIpc) is 2.97. The molecule has 0 aliphatic carbocycles. The van der Waals surface area contributed by atoms with E-state index in [1.165, 1.54) is 0 Å². The largest absolute Gasteiger partial charge is 0.496 e. The van der Waals surface area contributed by atoms with Crippen molar-refractivity contribution >= 4 is 5.91 Å². The van der Waals surface area contributed by atoms with Gasteiger partial charge in [-0.25, -0.2) is 0 Å². The van der Waals surface area contributed by atoms with Gasteiger partial charge in [-0.1, -0.05) is 18.2 Å². The van der Waals surface area contributed by atoms with Crippen LogP contribution >= 0.6 is 0 Å². The summed E-state index contributed by atoms with van der Waals surface area (Å²) in [5, 5.41) is 16.3. The number of benzene rings is 1. The molecule has 0 fully saturated rings. The maximum atomic E-state index is 12.5. The van der Waals surface area contributed by atoms with E-state index in [2.05, 4.69) is 21.4 Å². The molecule has 1 atom stereocenters. The van der Waals surface area contributed by atoms with Crippen LogP contribution in [-0.2, 0) is 17.8 Å². The van der Waals surface area contributed by atoms with Crippen LogP contribution in [0.4, 0.5) is 0 Å². The van der Waals surface area contributed by atoms with E-state index in [4.69, 9.17) is 10.00 Å². The number of carbonyl (C=O) groups is 1. The lowest BCUT2D eigenvalue weighted by Gasteiger charge is -2.26. The number of nitriles is 1. The quantitative estimate of drug-likeness (QED) is 0.666. The second-order valence-corrected chi connectivity index (χ2v) is 7.31. The van der Waals surface area contributed by atoms with Crippen molar-refractivity contribution in [3.63, 3.8) is 0 Å². The summed E-state index contributed by atoms with van der Waals surface area (Å²) in [5.74, 6) is 0.826. The summed E-state index contributed by atoms with van der Waals surface area (Å²) in [5.41, 5.74) is 4.09. The Kier molecular flexibility index (Phi) is 8.22. The molecular weight excluding hydrogens is 366 g/mol. The van der Waals surface area contributed by atoms with Crippen molar-refractivity contribution in [2.45, 2.75) is 45.7 Å². The molecule has 1 unspecified atom stereocenters. The van der Waals surface area contributed by atoms with Crippen molar-refractivity contribution < 1.29 is 9.53 Å². The molecule has 1 N–H and O–H groups in total. The van der Waals surface area contributed by atoms with E-state index in [1.54, 1.807) is 7.11 Å². The van der Waals surface area contributed by atoms with E-state index in [0.29, 0.717) is 32.4 Å². The highest BCUT2D eigenvalue weighted by atomic mass is 16.5. The fourth-order valence-corrected chi connectivity index (χ4v) is 3.52. The Labute approximate surface area is 173 Å². The summed E-state index contributed by atoms with van der Waals surface area (Å²) in [4.78, 5) is 14.6. The van der Waals surface area contributed by atoms with Gasteiger partial charge in [-0.2, -0.15) is 10.4 Å². The number of para-hydroxylation sites is 1. The maximum Gasteiger partial charge on any atom is 0.220 e. The van der Waals surface area contributed by atoms with Gasteiger partial charge in [-0.05, 0) is 46.0 Å². The van der Waals surface area contributed by atoms with E-state index in [-0.39, 0.29) is 11.9 Å². The third kappa shape index (κ3) is 5.81. The predicted octanol–water partition coefficient (Wildman–Crippen LogP) is 2.77. The summed E-state index contributed by atoms with van der Waals surface area (Å²) < 4.78 is 7.33. The number of aryl methyl sites for hydroxylation is 2. The highest BCUT2D eigenvalue weighted by Gasteiger charge is 2.19. The van der Waals surface area contributed by atoms with Crippen LogP contribution in [-0.4, -0.2) is 48.3 Å². The first-order chi connectivity index (χ1) is 13.9. The molecule has 1 heterocycles. The van der Waals surface area contributed by atoms with Crippen LogP contribution in [0.15, 0.2) is 24.3 Å². The lowest BCUT2D eigenvalue weighted by atomic mass is 10.0. The van der Waals surface area contributed by atoms with E-state index in [1.807, 2.05) is 56.9 Å². The predicted molar refractivity (Wildman–Crippen MR) is 113 cm³/mol. The normalized spacial score (nSPS) is 11.9. The van der Waals surface area contributed by atoms with E-state index in [9.17, 15) is 4.79 Å². The van der Waals surface area contributed by atoms with Crippen molar-refractivity contribution in [2.24, 2.45) is 0 Å². The minimum absolute atomic E-state index is 0.00956. The smallest absolute Gasteiger partial charge is 0.220 e. The molecule has 156 valence electrons. The van der Waals surface area contributed by atoms with E-state index in [0.717, 1.165) is 28.3 Å². The highest BCUT2D eigenvalue weighted by molar-refractivity contribution is 5.76. The number of hydrogen-bond acceptors (Lipinski definition) is 5. The van der Waals surface area contributed by atoms with Crippen LogP contribution in [0.5, 0.6) is 5.75 Å². The number of methoxy groups -OCH3 is 1. The minimum atomic E-state index is 0.00956. The number of nitrogens with zero attached hydrogens (tertiary/aromatic N) is 4. The molecular formula is C22H31N5O2. The fraction of sp³-hybridized carbons (Fsp3) is 0.500. The van der Waals surface area contributed by atoms with Crippen LogP contribution in [0.1, 0.15) is 41.4 Å². The van der Waals surface area contributed by atoms with Crippen LogP contribution in [0, 0.1) is 25.2 Å². The summed E-state index contributed by atoms with van der Waals surface area (Å²) in [6.07, 6.45) is 1.46. The topological polar surface area (TPSA) is 83.2 Å². The number of hydrogen-bond donors (Lipinski definition) is 1. The zero-order valence-electron chi connectivity index (χ0n) is 18.0. The zero-order chi connectivity index (χ0) is 21.4. The molecule has 2 rings (SSSR count). The molecule has 0 bridgehead atoms. The second kappa shape index (κ2) is 10.6. The third-order valence-electron chi connectivity index (χ3n) is 5.18. The van der Waals surface area contributed by atoms with Gasteiger partial charge in [-0.3, -0.25) is 9.48 Å². The van der Waals surface area contributed by atoms with Crippen molar-refractivity contribution in [3.05, 3.63) is 46.8 Å². The van der Waals surface area contributed by atoms with Gasteiger partial charge in [0.1, 0.15) is 5.75 Å². The molecule has 0 aliphatic heterocycles. The van der Waals surface area contributed by atoms with Crippen molar-refractivity contribution in [1.82, 2.24) is 20.0 Å². The molecule has 0 saturated heterocycles. The number of aromatic nitrogens is 2. The summed E-state index contributed by atoms with van der Waals surface area (Å²) in [7, 11) is 5.64. The van der Waals surface area contributed by atoms with Gasteiger partial charge in [0.15, 0.2) is 0 Å². The third-order valence-corrected chi connectivity index (χ3v) is 5.18. The highest BCUT2D eigenvalue weighted by Crippen LogP contribution is 2.27. The number of amides is 1. The standard InChI is InChI=1S/C22H31N5O2/c1-16-18(17(2)27(25-16)14-8-13-23)11-12-22(28)24-15-20(26(3)4)19-9-6-7-10-21(19)29-5/h6-7,9-10,20H,8,11-12,14-15H2,1-5H3,(H,24,28). The van der Waals surface area contributed by atoms with E-state index >= 15 is 0 Å². The van der Waals surface area contributed by atoms with Gasteiger partial charge in [0, 0.05) is 24.2 Å². The Bertz CT molecular complexity index is 867. The Balaban J connectivity index is 1.97. The SMILES string of the molecule is COc1ccccc1C(CNC(=O)CCc1c(C)nn(CCC#N)c1C)N(C)C. The lowest BCUT2D eigenvalue weighted by molar-refractivity contribution is -0.121. The molecule has 1 aromatic carbocycles. The molecule has 0 spiro atoms. The molecule has 29 heavy (non-hydrogen) atoms. The molecule has 7 nitrogen and oxygen atoms in total. The summed E-state index contributed by atoms with van der Waals surface area (Å²) in [6, 6.07) is 10.0. The van der Waals surface area contributed by atoms with Gasteiger partial charge in [0.2, 0.25) is 5.91 Å². The van der Waals surface area contributed by atoms with Gasteiger partial charge < -0.3 is 15.0 Å². The second-order valence-electron chi connectivity index (χ2n) is 7.31. The molecule has 0 radical (unpaired) electrons. The molecule has 1 aromatic heterocycles. The first kappa shape index (κ1) is 22.4. The van der Waals surface area contributed by atoms with Crippen LogP contribution in [0.3, 0.4) is 0 Å². The minimum Gasteiger partial charge on any atom is -0.496 e. The Morgan fingerprint density at radius 2 is 2.07 bits per heavy atom. The van der Waals surface area contributed by atoms with E-state index < -0.39 is 0 Å². The van der Waals surface area contributed by atoms with Crippen LogP contribution in [0.2, 0.25) is 0 Å². The molecule has 2 aromatic rings. The molecule has 7 heteroatoms. The maximum absolute atomic E-state index is 12.5.